The van der Waals surface area contributed by atoms with E-state index in [4.69, 9.17) is 0 Å². The minimum absolute atomic E-state index is 0.0711. The number of hydrogen-bond donors (Lipinski definition) is 0. The number of benzene rings is 3. The van der Waals surface area contributed by atoms with E-state index in [1.165, 1.54) is 28.2 Å². The highest BCUT2D eigenvalue weighted by atomic mass is 15.2. The zero-order valence-corrected chi connectivity index (χ0v) is 24.3. The van der Waals surface area contributed by atoms with Crippen LogP contribution in [-0.4, -0.2) is 13.1 Å². The molecule has 3 aromatic carbocycles. The molecule has 0 saturated heterocycles. The second kappa shape index (κ2) is 11.1. The maximum absolute atomic E-state index is 4.30. The van der Waals surface area contributed by atoms with Crippen LogP contribution in [0.1, 0.15) is 38.8 Å². The highest BCUT2D eigenvalue weighted by Crippen LogP contribution is 2.51. The Labute approximate surface area is 240 Å². The molecular formula is C38H40N2. The number of nitrogens with zero attached hydrogens (tertiary/aromatic N) is 2. The van der Waals surface area contributed by atoms with Crippen molar-refractivity contribution in [3.63, 3.8) is 0 Å². The second-order valence-electron chi connectivity index (χ2n) is 11.7. The maximum atomic E-state index is 4.30. The Morgan fingerprint density at radius 2 is 1.07 bits per heavy atom. The number of anilines is 4. The molecule has 3 aromatic rings. The second-order valence-corrected chi connectivity index (χ2v) is 11.7. The van der Waals surface area contributed by atoms with Crippen molar-refractivity contribution in [1.82, 2.24) is 0 Å². The third-order valence-corrected chi connectivity index (χ3v) is 8.44. The van der Waals surface area contributed by atoms with Crippen LogP contribution in [0.2, 0.25) is 0 Å². The van der Waals surface area contributed by atoms with Gasteiger partial charge < -0.3 is 9.80 Å². The predicted molar refractivity (Wildman–Crippen MR) is 174 cm³/mol. The van der Waals surface area contributed by atoms with Crippen LogP contribution < -0.4 is 9.80 Å². The van der Waals surface area contributed by atoms with Crippen LogP contribution in [0, 0.1) is 5.41 Å². The minimum atomic E-state index is -0.188. The molecule has 0 spiro atoms. The van der Waals surface area contributed by atoms with Gasteiger partial charge in [0.15, 0.2) is 0 Å². The van der Waals surface area contributed by atoms with Crippen LogP contribution in [0.3, 0.4) is 0 Å². The summed E-state index contributed by atoms with van der Waals surface area (Å²) in [6.45, 7) is 19.2. The molecule has 0 radical (unpaired) electrons. The number of rotatable bonds is 2. The average molecular weight is 525 g/mol. The van der Waals surface area contributed by atoms with Gasteiger partial charge in [0.25, 0.3) is 0 Å². The van der Waals surface area contributed by atoms with Gasteiger partial charge in [0.05, 0.1) is 11.4 Å². The van der Waals surface area contributed by atoms with Gasteiger partial charge in [-0.2, -0.15) is 0 Å². The Kier molecular flexibility index (Phi) is 7.54. The van der Waals surface area contributed by atoms with Crippen molar-refractivity contribution in [2.75, 3.05) is 22.9 Å². The molecule has 0 aliphatic carbocycles. The molecule has 0 atom stereocenters. The van der Waals surface area contributed by atoms with E-state index in [2.05, 4.69) is 172 Å². The monoisotopic (exact) mass is 524 g/mol. The fourth-order valence-electron chi connectivity index (χ4n) is 5.56. The van der Waals surface area contributed by atoms with Crippen molar-refractivity contribution in [1.29, 1.82) is 0 Å². The first-order valence-electron chi connectivity index (χ1n) is 14.1. The Morgan fingerprint density at radius 3 is 1.62 bits per heavy atom. The number of allylic oxidation sites excluding steroid dienone is 8. The predicted octanol–water partition coefficient (Wildman–Crippen LogP) is 9.98. The summed E-state index contributed by atoms with van der Waals surface area (Å²) < 4.78 is 0. The summed E-state index contributed by atoms with van der Waals surface area (Å²) in [5.74, 6) is 0. The SMILES string of the molecule is C=C1/C=C\C=C/CN(c2cccc(N3c4ccccc4C(C)(C)c4ccccc43)c2)C/C=C\C=C/C(=C)C1(C)C. The van der Waals surface area contributed by atoms with Gasteiger partial charge in [0.2, 0.25) is 0 Å². The molecule has 2 nitrogen and oxygen atoms in total. The summed E-state index contributed by atoms with van der Waals surface area (Å²) in [5.41, 5.74) is 9.33. The fourth-order valence-corrected chi connectivity index (χ4v) is 5.56. The third-order valence-electron chi connectivity index (χ3n) is 8.44. The highest BCUT2D eigenvalue weighted by molar-refractivity contribution is 5.86. The molecule has 5 rings (SSSR count). The molecule has 40 heavy (non-hydrogen) atoms. The first-order valence-corrected chi connectivity index (χ1v) is 14.1. The van der Waals surface area contributed by atoms with Gasteiger partial charge >= 0.3 is 0 Å². The third kappa shape index (κ3) is 5.14. The molecule has 2 aliphatic heterocycles. The molecule has 0 unspecified atom stereocenters. The van der Waals surface area contributed by atoms with Crippen molar-refractivity contribution in [3.05, 3.63) is 157 Å². The largest absolute Gasteiger partial charge is 0.364 e. The molecule has 2 heterocycles. The van der Waals surface area contributed by atoms with Crippen LogP contribution in [-0.2, 0) is 5.41 Å². The molecule has 0 aromatic heterocycles. The zero-order valence-electron chi connectivity index (χ0n) is 24.3. The number of fused-ring (bicyclic) bond motifs is 2. The zero-order chi connectivity index (χ0) is 28.3. The van der Waals surface area contributed by atoms with E-state index in [9.17, 15) is 0 Å². The number of para-hydroxylation sites is 2. The van der Waals surface area contributed by atoms with Crippen molar-refractivity contribution >= 4 is 22.7 Å². The van der Waals surface area contributed by atoms with Crippen LogP contribution in [0.15, 0.2) is 146 Å². The Morgan fingerprint density at radius 1 is 0.575 bits per heavy atom. The lowest BCUT2D eigenvalue weighted by molar-refractivity contribution is 0.570. The van der Waals surface area contributed by atoms with Gasteiger partial charge in [-0.3, -0.25) is 0 Å². The van der Waals surface area contributed by atoms with E-state index in [0.717, 1.165) is 29.9 Å². The van der Waals surface area contributed by atoms with Gasteiger partial charge in [-0.15, -0.1) is 0 Å². The van der Waals surface area contributed by atoms with E-state index in [1.54, 1.807) is 0 Å². The molecule has 0 fully saturated rings. The van der Waals surface area contributed by atoms with Crippen molar-refractivity contribution in [2.24, 2.45) is 5.41 Å². The van der Waals surface area contributed by atoms with E-state index < -0.39 is 0 Å². The van der Waals surface area contributed by atoms with Crippen LogP contribution in [0.25, 0.3) is 0 Å². The first kappa shape index (κ1) is 27.3. The molecule has 202 valence electrons. The van der Waals surface area contributed by atoms with E-state index in [-0.39, 0.29) is 10.8 Å². The molecule has 0 amide bonds. The average Bonchev–Trinajstić information content (AvgIpc) is 2.95. The van der Waals surface area contributed by atoms with Crippen molar-refractivity contribution in [2.45, 2.75) is 33.1 Å². The summed E-state index contributed by atoms with van der Waals surface area (Å²) in [4.78, 5) is 4.81. The normalized spacial score (nSPS) is 21.5. The maximum Gasteiger partial charge on any atom is 0.0502 e. The van der Waals surface area contributed by atoms with Gasteiger partial charge in [0.1, 0.15) is 0 Å². The van der Waals surface area contributed by atoms with Crippen molar-refractivity contribution in [3.8, 4) is 0 Å². The molecule has 0 bridgehead atoms. The quantitative estimate of drug-likeness (QED) is 0.329. The Hall–Kier alpha value is -4.30. The molecule has 2 aliphatic rings. The number of hydrogen-bond acceptors (Lipinski definition) is 2. The summed E-state index contributed by atoms with van der Waals surface area (Å²) in [7, 11) is 0. The summed E-state index contributed by atoms with van der Waals surface area (Å²) in [5, 5.41) is 0. The summed E-state index contributed by atoms with van der Waals surface area (Å²) >= 11 is 0. The molecular weight excluding hydrogens is 484 g/mol. The Balaban J connectivity index is 1.51. The van der Waals surface area contributed by atoms with E-state index in [1.807, 2.05) is 0 Å². The fraction of sp³-hybridized carbons (Fsp3) is 0.211. The van der Waals surface area contributed by atoms with E-state index in [0.29, 0.717) is 0 Å². The van der Waals surface area contributed by atoms with Gasteiger partial charge in [0, 0.05) is 35.3 Å². The van der Waals surface area contributed by atoms with E-state index >= 15 is 0 Å². The van der Waals surface area contributed by atoms with Crippen LogP contribution >= 0.6 is 0 Å². The van der Waals surface area contributed by atoms with Crippen molar-refractivity contribution < 1.29 is 0 Å². The highest BCUT2D eigenvalue weighted by Gasteiger charge is 2.36. The lowest BCUT2D eigenvalue weighted by Gasteiger charge is -2.42. The van der Waals surface area contributed by atoms with Crippen LogP contribution in [0.4, 0.5) is 22.7 Å². The standard InChI is InChI=1S/C38H40N2/c1-29-18-9-7-15-26-39(27-16-8-10-19-30(2)37(29,3)4)31-20-17-21-32(28-31)40-35-24-13-11-22-33(35)38(5,6)34-23-12-14-25-36(34)40/h7-25,28H,1-2,26-27H2,3-6H3/b15-7-,16-8-,18-9-,19-10-. The smallest absolute Gasteiger partial charge is 0.0502 e. The molecule has 0 saturated carbocycles. The lowest BCUT2D eigenvalue weighted by Crippen LogP contribution is -2.30. The topological polar surface area (TPSA) is 6.48 Å². The molecule has 0 N–H and O–H groups in total. The Bertz CT molecular complexity index is 1450. The minimum Gasteiger partial charge on any atom is -0.364 e. The van der Waals surface area contributed by atoms with Gasteiger partial charge in [-0.05, 0) is 52.6 Å². The summed E-state index contributed by atoms with van der Waals surface area (Å²) in [6, 6.07) is 26.5. The van der Waals surface area contributed by atoms with Crippen LogP contribution in [0.5, 0.6) is 0 Å². The first-order chi connectivity index (χ1) is 19.2. The molecule has 2 heteroatoms. The lowest BCUT2D eigenvalue weighted by atomic mass is 9.73. The van der Waals surface area contributed by atoms with Gasteiger partial charge in [-0.25, -0.2) is 0 Å². The van der Waals surface area contributed by atoms with Gasteiger partial charge in [-0.1, -0.05) is 132 Å². The summed E-state index contributed by atoms with van der Waals surface area (Å²) in [6.07, 6.45) is 17.0.